The highest BCUT2D eigenvalue weighted by atomic mass is 16.5. The van der Waals surface area contributed by atoms with Crippen LogP contribution in [0, 0.1) is 0 Å². The number of nitrogens with one attached hydrogen (secondary N) is 2. The van der Waals surface area contributed by atoms with Crippen LogP contribution in [0.25, 0.3) is 0 Å². The van der Waals surface area contributed by atoms with E-state index >= 15 is 0 Å². The lowest BCUT2D eigenvalue weighted by molar-refractivity contribution is 0.237. The van der Waals surface area contributed by atoms with Crippen molar-refractivity contribution >= 4 is 6.03 Å². The summed E-state index contributed by atoms with van der Waals surface area (Å²) in [4.78, 5) is 16.1. The van der Waals surface area contributed by atoms with Gasteiger partial charge >= 0.3 is 6.03 Å². The molecular weight excluding hydrogens is 266 g/mol. The average Bonchev–Trinajstić information content (AvgIpc) is 2.54. The van der Waals surface area contributed by atoms with Crippen molar-refractivity contribution in [2.24, 2.45) is 0 Å². The van der Waals surface area contributed by atoms with Gasteiger partial charge in [0.1, 0.15) is 5.75 Å². The standard InChI is InChI=1S/C16H19N3O2/c1-12(14-8-5-6-10-17-14)19-16(20)18-11-13-7-3-4-9-15(13)21-2/h3-10,12H,11H2,1-2H3,(H2,18,19,20). The van der Waals surface area contributed by atoms with E-state index in [0.717, 1.165) is 17.0 Å². The molecule has 0 saturated heterocycles. The molecule has 110 valence electrons. The summed E-state index contributed by atoms with van der Waals surface area (Å²) in [6.45, 7) is 2.30. The summed E-state index contributed by atoms with van der Waals surface area (Å²) in [6.07, 6.45) is 1.71. The van der Waals surface area contributed by atoms with E-state index in [1.165, 1.54) is 0 Å². The SMILES string of the molecule is COc1ccccc1CNC(=O)NC(C)c1ccccn1. The second-order valence-electron chi connectivity index (χ2n) is 4.62. The Balaban J connectivity index is 1.88. The molecule has 1 aromatic carbocycles. The van der Waals surface area contributed by atoms with E-state index in [1.807, 2.05) is 49.4 Å². The van der Waals surface area contributed by atoms with Gasteiger partial charge < -0.3 is 15.4 Å². The van der Waals surface area contributed by atoms with E-state index in [-0.39, 0.29) is 12.1 Å². The van der Waals surface area contributed by atoms with Crippen LogP contribution in [0.1, 0.15) is 24.2 Å². The molecule has 5 heteroatoms. The zero-order valence-corrected chi connectivity index (χ0v) is 12.2. The number of pyridine rings is 1. The summed E-state index contributed by atoms with van der Waals surface area (Å²) < 4.78 is 5.25. The van der Waals surface area contributed by atoms with Gasteiger partial charge in [0, 0.05) is 18.3 Å². The van der Waals surface area contributed by atoms with Gasteiger partial charge in [-0.15, -0.1) is 0 Å². The van der Waals surface area contributed by atoms with Crippen LogP contribution in [0.5, 0.6) is 5.75 Å². The minimum atomic E-state index is -0.237. The molecule has 1 atom stereocenters. The van der Waals surface area contributed by atoms with Crippen molar-refractivity contribution in [1.29, 1.82) is 0 Å². The average molecular weight is 285 g/mol. The van der Waals surface area contributed by atoms with Crippen LogP contribution in [-0.2, 0) is 6.54 Å². The maximum absolute atomic E-state index is 11.9. The monoisotopic (exact) mass is 285 g/mol. The predicted octanol–water partition coefficient (Wildman–Crippen LogP) is 2.65. The fourth-order valence-corrected chi connectivity index (χ4v) is 1.98. The number of amides is 2. The van der Waals surface area contributed by atoms with E-state index < -0.39 is 0 Å². The Kier molecular flexibility index (Phi) is 5.15. The van der Waals surface area contributed by atoms with E-state index in [1.54, 1.807) is 13.3 Å². The van der Waals surface area contributed by atoms with Gasteiger partial charge in [0.25, 0.3) is 0 Å². The summed E-state index contributed by atoms with van der Waals surface area (Å²) >= 11 is 0. The number of hydrogen-bond donors (Lipinski definition) is 2. The maximum Gasteiger partial charge on any atom is 0.315 e. The van der Waals surface area contributed by atoms with Crippen molar-refractivity contribution in [3.05, 3.63) is 59.9 Å². The van der Waals surface area contributed by atoms with Crippen molar-refractivity contribution in [1.82, 2.24) is 15.6 Å². The number of nitrogens with zero attached hydrogens (tertiary/aromatic N) is 1. The number of hydrogen-bond acceptors (Lipinski definition) is 3. The van der Waals surface area contributed by atoms with Crippen LogP contribution < -0.4 is 15.4 Å². The molecule has 2 rings (SSSR count). The molecule has 2 N–H and O–H groups in total. The Labute approximate surface area is 124 Å². The van der Waals surface area contributed by atoms with Gasteiger partial charge in [0.15, 0.2) is 0 Å². The van der Waals surface area contributed by atoms with Crippen LogP contribution in [0.2, 0.25) is 0 Å². The van der Waals surface area contributed by atoms with Crippen molar-refractivity contribution in [2.75, 3.05) is 7.11 Å². The molecule has 0 aliphatic carbocycles. The summed E-state index contributed by atoms with van der Waals surface area (Å²) in [5.41, 5.74) is 1.76. The van der Waals surface area contributed by atoms with Crippen molar-refractivity contribution in [2.45, 2.75) is 19.5 Å². The van der Waals surface area contributed by atoms with Crippen LogP contribution in [0.3, 0.4) is 0 Å². The van der Waals surface area contributed by atoms with Gasteiger partial charge in [-0.1, -0.05) is 24.3 Å². The number of ether oxygens (including phenoxy) is 1. The first-order valence-corrected chi connectivity index (χ1v) is 6.78. The summed E-state index contributed by atoms with van der Waals surface area (Å²) in [7, 11) is 1.61. The number of rotatable bonds is 5. The third kappa shape index (κ3) is 4.21. The summed E-state index contributed by atoms with van der Waals surface area (Å²) in [6, 6.07) is 12.8. The van der Waals surface area contributed by atoms with Crippen molar-refractivity contribution in [3.63, 3.8) is 0 Å². The lowest BCUT2D eigenvalue weighted by atomic mass is 10.2. The van der Waals surface area contributed by atoms with Gasteiger partial charge in [-0.3, -0.25) is 4.98 Å². The minimum Gasteiger partial charge on any atom is -0.496 e. The Morgan fingerprint density at radius 1 is 1.24 bits per heavy atom. The van der Waals surface area contributed by atoms with E-state index in [4.69, 9.17) is 4.74 Å². The van der Waals surface area contributed by atoms with E-state index in [2.05, 4.69) is 15.6 Å². The smallest absolute Gasteiger partial charge is 0.315 e. The van der Waals surface area contributed by atoms with Crippen LogP contribution in [0.4, 0.5) is 4.79 Å². The van der Waals surface area contributed by atoms with Crippen LogP contribution in [-0.4, -0.2) is 18.1 Å². The van der Waals surface area contributed by atoms with Crippen LogP contribution in [0.15, 0.2) is 48.7 Å². The molecule has 0 bridgehead atoms. The first-order chi connectivity index (χ1) is 10.2. The summed E-state index contributed by atoms with van der Waals surface area (Å²) in [5.74, 6) is 0.760. The number of para-hydroxylation sites is 1. The molecule has 0 fully saturated rings. The second kappa shape index (κ2) is 7.28. The zero-order valence-electron chi connectivity index (χ0n) is 12.2. The number of methoxy groups -OCH3 is 1. The molecule has 0 aliphatic heterocycles. The number of carbonyl (C=O) groups is 1. The molecule has 0 radical (unpaired) electrons. The normalized spacial score (nSPS) is 11.5. The van der Waals surface area contributed by atoms with Gasteiger partial charge in [-0.2, -0.15) is 0 Å². The lowest BCUT2D eigenvalue weighted by Gasteiger charge is -2.15. The second-order valence-corrected chi connectivity index (χ2v) is 4.62. The molecular formula is C16H19N3O2. The molecule has 2 amide bonds. The highest BCUT2D eigenvalue weighted by molar-refractivity contribution is 5.74. The Bertz CT molecular complexity index is 587. The van der Waals surface area contributed by atoms with Gasteiger partial charge in [-0.25, -0.2) is 4.79 Å². The molecule has 0 saturated carbocycles. The van der Waals surface area contributed by atoms with Gasteiger partial charge in [0.05, 0.1) is 18.8 Å². The zero-order chi connectivity index (χ0) is 15.1. The molecule has 1 heterocycles. The first-order valence-electron chi connectivity index (χ1n) is 6.78. The van der Waals surface area contributed by atoms with Gasteiger partial charge in [-0.05, 0) is 25.1 Å². The number of carbonyl (C=O) groups excluding carboxylic acids is 1. The van der Waals surface area contributed by atoms with E-state index in [9.17, 15) is 4.79 Å². The quantitative estimate of drug-likeness (QED) is 0.887. The molecule has 5 nitrogen and oxygen atoms in total. The largest absolute Gasteiger partial charge is 0.496 e. The highest BCUT2D eigenvalue weighted by Crippen LogP contribution is 2.16. The van der Waals surface area contributed by atoms with Crippen LogP contribution >= 0.6 is 0 Å². The Morgan fingerprint density at radius 2 is 2.00 bits per heavy atom. The molecule has 1 aromatic heterocycles. The molecule has 1 unspecified atom stereocenters. The fraction of sp³-hybridized carbons (Fsp3) is 0.250. The topological polar surface area (TPSA) is 63.2 Å². The number of urea groups is 1. The van der Waals surface area contributed by atoms with Gasteiger partial charge in [0.2, 0.25) is 0 Å². The molecule has 2 aromatic rings. The maximum atomic E-state index is 11.9. The number of aromatic nitrogens is 1. The molecule has 0 spiro atoms. The third-order valence-corrected chi connectivity index (χ3v) is 3.11. The fourth-order valence-electron chi connectivity index (χ4n) is 1.98. The van der Waals surface area contributed by atoms with E-state index in [0.29, 0.717) is 6.54 Å². The molecule has 21 heavy (non-hydrogen) atoms. The number of benzene rings is 1. The molecule has 0 aliphatic rings. The highest BCUT2D eigenvalue weighted by Gasteiger charge is 2.10. The minimum absolute atomic E-state index is 0.149. The Morgan fingerprint density at radius 3 is 2.71 bits per heavy atom. The first kappa shape index (κ1) is 14.8. The lowest BCUT2D eigenvalue weighted by Crippen LogP contribution is -2.36. The summed E-state index contributed by atoms with van der Waals surface area (Å²) in [5, 5.41) is 5.67. The van der Waals surface area contributed by atoms with Crippen molar-refractivity contribution in [3.8, 4) is 5.75 Å². The predicted molar refractivity (Wildman–Crippen MR) is 81.0 cm³/mol. The Hall–Kier alpha value is -2.56. The van der Waals surface area contributed by atoms with Crippen molar-refractivity contribution < 1.29 is 9.53 Å². The third-order valence-electron chi connectivity index (χ3n) is 3.11.